The first-order valence-electron chi connectivity index (χ1n) is 5.40. The fourth-order valence-electron chi connectivity index (χ4n) is 2.62. The van der Waals surface area contributed by atoms with Crippen molar-refractivity contribution < 1.29 is 4.74 Å². The van der Waals surface area contributed by atoms with Gasteiger partial charge in [-0.15, -0.1) is 0 Å². The van der Waals surface area contributed by atoms with E-state index < -0.39 is 0 Å². The summed E-state index contributed by atoms with van der Waals surface area (Å²) in [4.78, 5) is 2.37. The standard InChI is InChI=1S/C11H18N2O/c1-13-6-2-10(3-7-13)11(4-5-12)8-14-9-11/h10H,2-4,6-9H2,1H3. The Hall–Kier alpha value is -0.590. The van der Waals surface area contributed by atoms with Crippen LogP contribution in [0, 0.1) is 22.7 Å². The van der Waals surface area contributed by atoms with Crippen LogP contribution in [-0.2, 0) is 4.74 Å². The molecule has 0 aromatic carbocycles. The van der Waals surface area contributed by atoms with Crippen molar-refractivity contribution in [2.75, 3.05) is 33.4 Å². The van der Waals surface area contributed by atoms with Crippen molar-refractivity contribution in [3.05, 3.63) is 0 Å². The average Bonchev–Trinajstić information content (AvgIpc) is 2.13. The van der Waals surface area contributed by atoms with Gasteiger partial charge in [0, 0.05) is 11.8 Å². The molecule has 0 bridgehead atoms. The van der Waals surface area contributed by atoms with E-state index in [0.29, 0.717) is 12.3 Å². The largest absolute Gasteiger partial charge is 0.380 e. The molecule has 0 radical (unpaired) electrons. The highest BCUT2D eigenvalue weighted by Crippen LogP contribution is 2.43. The first kappa shape index (κ1) is 9.95. The van der Waals surface area contributed by atoms with Crippen LogP contribution < -0.4 is 0 Å². The summed E-state index contributed by atoms with van der Waals surface area (Å²) in [6.45, 7) is 3.99. The lowest BCUT2D eigenvalue weighted by molar-refractivity contribution is -0.152. The fourth-order valence-corrected chi connectivity index (χ4v) is 2.62. The molecule has 2 aliphatic rings. The van der Waals surface area contributed by atoms with Crippen molar-refractivity contribution in [3.8, 4) is 6.07 Å². The summed E-state index contributed by atoms with van der Waals surface area (Å²) in [5, 5.41) is 8.83. The van der Waals surface area contributed by atoms with Crippen molar-refractivity contribution >= 4 is 0 Å². The first-order valence-corrected chi connectivity index (χ1v) is 5.40. The van der Waals surface area contributed by atoms with Gasteiger partial charge < -0.3 is 9.64 Å². The number of nitriles is 1. The topological polar surface area (TPSA) is 36.3 Å². The van der Waals surface area contributed by atoms with Crippen LogP contribution in [0.15, 0.2) is 0 Å². The average molecular weight is 194 g/mol. The lowest BCUT2D eigenvalue weighted by atomic mass is 9.68. The van der Waals surface area contributed by atoms with Crippen LogP contribution >= 0.6 is 0 Å². The zero-order valence-electron chi connectivity index (χ0n) is 8.83. The highest BCUT2D eigenvalue weighted by molar-refractivity contribution is 4.99. The number of ether oxygens (including phenoxy) is 1. The second-order valence-corrected chi connectivity index (χ2v) is 4.77. The lowest BCUT2D eigenvalue weighted by Gasteiger charge is -2.48. The molecule has 14 heavy (non-hydrogen) atoms. The SMILES string of the molecule is CN1CCC(C2(CC#N)COC2)CC1. The second-order valence-electron chi connectivity index (χ2n) is 4.77. The molecule has 0 spiro atoms. The van der Waals surface area contributed by atoms with Gasteiger partial charge in [-0.05, 0) is 38.9 Å². The molecule has 0 aromatic rings. The predicted molar refractivity (Wildman–Crippen MR) is 53.7 cm³/mol. The predicted octanol–water partition coefficient (Wildman–Crippen LogP) is 1.26. The Labute approximate surface area is 85.6 Å². The maximum absolute atomic E-state index is 8.83. The van der Waals surface area contributed by atoms with E-state index in [4.69, 9.17) is 10.00 Å². The molecular weight excluding hydrogens is 176 g/mol. The minimum atomic E-state index is 0.218. The van der Waals surface area contributed by atoms with E-state index in [9.17, 15) is 0 Å². The number of piperidine rings is 1. The monoisotopic (exact) mass is 194 g/mol. The van der Waals surface area contributed by atoms with Crippen molar-refractivity contribution in [2.45, 2.75) is 19.3 Å². The number of rotatable bonds is 2. The summed E-state index contributed by atoms with van der Waals surface area (Å²) in [6, 6.07) is 2.33. The van der Waals surface area contributed by atoms with Gasteiger partial charge >= 0.3 is 0 Å². The molecule has 0 N–H and O–H groups in total. The van der Waals surface area contributed by atoms with E-state index in [0.717, 1.165) is 13.2 Å². The first-order chi connectivity index (χ1) is 6.77. The van der Waals surface area contributed by atoms with E-state index in [1.165, 1.54) is 25.9 Å². The van der Waals surface area contributed by atoms with Gasteiger partial charge in [-0.25, -0.2) is 0 Å². The van der Waals surface area contributed by atoms with Crippen molar-refractivity contribution in [3.63, 3.8) is 0 Å². The summed E-state index contributed by atoms with van der Waals surface area (Å²) in [7, 11) is 2.17. The highest BCUT2D eigenvalue weighted by atomic mass is 16.5. The third-order valence-electron chi connectivity index (χ3n) is 3.79. The van der Waals surface area contributed by atoms with Crippen LogP contribution in [0.4, 0.5) is 0 Å². The Morgan fingerprint density at radius 2 is 2.07 bits per heavy atom. The molecule has 2 heterocycles. The molecule has 0 unspecified atom stereocenters. The molecule has 0 amide bonds. The van der Waals surface area contributed by atoms with Gasteiger partial charge in [0.1, 0.15) is 0 Å². The summed E-state index contributed by atoms with van der Waals surface area (Å²) in [6.07, 6.45) is 3.16. The Balaban J connectivity index is 1.96. The number of nitrogens with zero attached hydrogens (tertiary/aromatic N) is 2. The molecule has 2 saturated heterocycles. The molecular formula is C11H18N2O. The summed E-state index contributed by atoms with van der Waals surface area (Å²) in [5.41, 5.74) is 0.218. The zero-order chi connectivity index (χ0) is 10.0. The Bertz CT molecular complexity index is 234. The Morgan fingerprint density at radius 3 is 2.50 bits per heavy atom. The second kappa shape index (κ2) is 3.88. The van der Waals surface area contributed by atoms with Gasteiger partial charge in [-0.1, -0.05) is 0 Å². The van der Waals surface area contributed by atoms with Crippen LogP contribution in [0.25, 0.3) is 0 Å². The number of likely N-dealkylation sites (tertiary alicyclic amines) is 1. The molecule has 78 valence electrons. The van der Waals surface area contributed by atoms with Crippen LogP contribution in [0.3, 0.4) is 0 Å². The lowest BCUT2D eigenvalue weighted by Crippen LogP contribution is -2.51. The molecule has 2 aliphatic heterocycles. The van der Waals surface area contributed by atoms with Crippen LogP contribution in [0.1, 0.15) is 19.3 Å². The molecule has 0 aromatic heterocycles. The van der Waals surface area contributed by atoms with Gasteiger partial charge in [0.2, 0.25) is 0 Å². The quantitative estimate of drug-likeness (QED) is 0.664. The van der Waals surface area contributed by atoms with E-state index in [-0.39, 0.29) is 5.41 Å². The third kappa shape index (κ3) is 1.65. The molecule has 3 heteroatoms. The Kier molecular flexibility index (Phi) is 2.76. The molecule has 0 atom stereocenters. The van der Waals surface area contributed by atoms with Gasteiger partial charge in [0.05, 0.1) is 19.3 Å². The molecule has 0 aliphatic carbocycles. The van der Waals surface area contributed by atoms with Crippen molar-refractivity contribution in [1.29, 1.82) is 5.26 Å². The van der Waals surface area contributed by atoms with E-state index in [2.05, 4.69) is 18.0 Å². The minimum absolute atomic E-state index is 0.218. The summed E-state index contributed by atoms with van der Waals surface area (Å²) in [5.74, 6) is 0.715. The summed E-state index contributed by atoms with van der Waals surface area (Å²) >= 11 is 0. The number of hydrogen-bond donors (Lipinski definition) is 0. The Morgan fingerprint density at radius 1 is 1.43 bits per heavy atom. The number of hydrogen-bond acceptors (Lipinski definition) is 3. The van der Waals surface area contributed by atoms with Gasteiger partial charge in [0.25, 0.3) is 0 Å². The smallest absolute Gasteiger partial charge is 0.0629 e. The maximum Gasteiger partial charge on any atom is 0.0629 e. The van der Waals surface area contributed by atoms with Crippen LogP contribution in [0.5, 0.6) is 0 Å². The van der Waals surface area contributed by atoms with Crippen LogP contribution in [0.2, 0.25) is 0 Å². The maximum atomic E-state index is 8.83. The van der Waals surface area contributed by atoms with E-state index in [1.807, 2.05) is 0 Å². The van der Waals surface area contributed by atoms with Crippen molar-refractivity contribution in [2.24, 2.45) is 11.3 Å². The van der Waals surface area contributed by atoms with E-state index >= 15 is 0 Å². The highest BCUT2D eigenvalue weighted by Gasteiger charge is 2.45. The van der Waals surface area contributed by atoms with E-state index in [1.54, 1.807) is 0 Å². The zero-order valence-corrected chi connectivity index (χ0v) is 8.83. The summed E-state index contributed by atoms with van der Waals surface area (Å²) < 4.78 is 5.31. The molecule has 2 fully saturated rings. The molecule has 3 nitrogen and oxygen atoms in total. The fraction of sp³-hybridized carbons (Fsp3) is 0.909. The van der Waals surface area contributed by atoms with Gasteiger partial charge in [-0.2, -0.15) is 5.26 Å². The molecule has 2 rings (SSSR count). The molecule has 0 saturated carbocycles. The van der Waals surface area contributed by atoms with Gasteiger partial charge in [-0.3, -0.25) is 0 Å². The normalized spacial score (nSPS) is 28.0. The minimum Gasteiger partial charge on any atom is -0.380 e. The van der Waals surface area contributed by atoms with Gasteiger partial charge in [0.15, 0.2) is 0 Å². The third-order valence-corrected chi connectivity index (χ3v) is 3.79. The van der Waals surface area contributed by atoms with Crippen LogP contribution in [-0.4, -0.2) is 38.3 Å². The van der Waals surface area contributed by atoms with Crippen molar-refractivity contribution in [1.82, 2.24) is 4.90 Å².